The lowest BCUT2D eigenvalue weighted by molar-refractivity contribution is -0.129. The van der Waals surface area contributed by atoms with Crippen molar-refractivity contribution < 1.29 is 14.3 Å². The second-order valence-corrected chi connectivity index (χ2v) is 10.2. The molecule has 0 radical (unpaired) electrons. The van der Waals surface area contributed by atoms with Crippen molar-refractivity contribution in [1.29, 1.82) is 0 Å². The SMILES string of the molecule is COc1cc2[nH]ncc2cc1NCc1ncnc2sc3c(c12)CC[C@H](C(=O)NCCC(=O)N(C)C)C3. The lowest BCUT2D eigenvalue weighted by Crippen LogP contribution is -2.36. The summed E-state index contributed by atoms with van der Waals surface area (Å²) >= 11 is 1.64. The Morgan fingerprint density at radius 3 is 2.94 bits per heavy atom. The van der Waals surface area contributed by atoms with Crippen LogP contribution in [0.25, 0.3) is 21.1 Å². The highest BCUT2D eigenvalue weighted by atomic mass is 32.1. The second-order valence-electron chi connectivity index (χ2n) is 9.14. The van der Waals surface area contributed by atoms with Gasteiger partial charge >= 0.3 is 0 Å². The number of carbonyl (C=O) groups excluding carboxylic acids is 2. The number of hydrogen-bond donors (Lipinski definition) is 3. The number of anilines is 1. The molecule has 0 saturated carbocycles. The van der Waals surface area contributed by atoms with E-state index in [4.69, 9.17) is 4.74 Å². The third-order valence-corrected chi connectivity index (χ3v) is 7.80. The molecule has 1 aliphatic rings. The molecule has 1 aromatic carbocycles. The fourth-order valence-electron chi connectivity index (χ4n) is 4.65. The van der Waals surface area contributed by atoms with Crippen molar-refractivity contribution in [3.63, 3.8) is 0 Å². The van der Waals surface area contributed by atoms with E-state index in [0.717, 1.165) is 51.1 Å². The maximum atomic E-state index is 12.7. The average Bonchev–Trinajstić information content (AvgIpc) is 3.49. The fourth-order valence-corrected chi connectivity index (χ4v) is 5.94. The molecular weight excluding hydrogens is 478 g/mol. The minimum Gasteiger partial charge on any atom is -0.495 e. The van der Waals surface area contributed by atoms with Crippen LogP contribution < -0.4 is 15.4 Å². The van der Waals surface area contributed by atoms with Crippen LogP contribution >= 0.6 is 11.3 Å². The molecule has 5 rings (SSSR count). The third-order valence-electron chi connectivity index (χ3n) is 6.64. The summed E-state index contributed by atoms with van der Waals surface area (Å²) in [5.41, 5.74) is 3.96. The first-order valence-electron chi connectivity index (χ1n) is 11.9. The van der Waals surface area contributed by atoms with Gasteiger partial charge in [-0.1, -0.05) is 0 Å². The van der Waals surface area contributed by atoms with Gasteiger partial charge in [0.05, 0.1) is 36.7 Å². The maximum Gasteiger partial charge on any atom is 0.223 e. The molecule has 0 spiro atoms. The van der Waals surface area contributed by atoms with Gasteiger partial charge in [0.2, 0.25) is 11.8 Å². The lowest BCUT2D eigenvalue weighted by Gasteiger charge is -2.22. The number of methoxy groups -OCH3 is 1. The van der Waals surface area contributed by atoms with Gasteiger partial charge in [0.1, 0.15) is 16.9 Å². The first-order valence-corrected chi connectivity index (χ1v) is 12.7. The van der Waals surface area contributed by atoms with Crippen molar-refractivity contribution in [1.82, 2.24) is 30.4 Å². The summed E-state index contributed by atoms with van der Waals surface area (Å²) in [6, 6.07) is 3.93. The van der Waals surface area contributed by atoms with Crippen LogP contribution in [0.5, 0.6) is 5.75 Å². The Morgan fingerprint density at radius 2 is 2.14 bits per heavy atom. The normalized spacial score (nSPS) is 15.0. The highest BCUT2D eigenvalue weighted by molar-refractivity contribution is 7.18. The molecule has 0 saturated heterocycles. The minimum absolute atomic E-state index is 0.00718. The molecule has 0 unspecified atom stereocenters. The number of nitrogens with zero attached hydrogens (tertiary/aromatic N) is 4. The number of amides is 2. The molecule has 3 N–H and O–H groups in total. The molecule has 2 amide bonds. The number of aromatic amines is 1. The van der Waals surface area contributed by atoms with Crippen LogP contribution in [0.4, 0.5) is 5.69 Å². The Bertz CT molecular complexity index is 1430. The highest BCUT2D eigenvalue weighted by Gasteiger charge is 2.29. The van der Waals surface area contributed by atoms with Gasteiger partial charge in [-0.25, -0.2) is 9.97 Å². The Balaban J connectivity index is 1.31. The van der Waals surface area contributed by atoms with E-state index in [1.54, 1.807) is 45.1 Å². The largest absolute Gasteiger partial charge is 0.495 e. The van der Waals surface area contributed by atoms with Crippen molar-refractivity contribution in [3.05, 3.63) is 40.8 Å². The van der Waals surface area contributed by atoms with Crippen LogP contribution in [0, 0.1) is 5.92 Å². The predicted molar refractivity (Wildman–Crippen MR) is 139 cm³/mol. The first kappa shape index (κ1) is 24.0. The number of H-pyrrole nitrogens is 1. The molecule has 3 aromatic heterocycles. The van der Waals surface area contributed by atoms with Crippen LogP contribution in [-0.4, -0.2) is 64.6 Å². The van der Waals surface area contributed by atoms with E-state index >= 15 is 0 Å². The van der Waals surface area contributed by atoms with Crippen LogP contribution in [0.1, 0.15) is 29.0 Å². The van der Waals surface area contributed by atoms with E-state index in [-0.39, 0.29) is 17.7 Å². The maximum absolute atomic E-state index is 12.7. The summed E-state index contributed by atoms with van der Waals surface area (Å²) in [6.07, 6.45) is 5.94. The fraction of sp³-hybridized carbons (Fsp3) is 0.400. The topological polar surface area (TPSA) is 125 Å². The summed E-state index contributed by atoms with van der Waals surface area (Å²) < 4.78 is 5.56. The molecule has 0 aliphatic heterocycles. The Hall–Kier alpha value is -3.73. The smallest absolute Gasteiger partial charge is 0.223 e. The van der Waals surface area contributed by atoms with E-state index in [2.05, 4.69) is 30.8 Å². The first-order chi connectivity index (χ1) is 17.4. The van der Waals surface area contributed by atoms with Crippen LogP contribution in [0.3, 0.4) is 0 Å². The van der Waals surface area contributed by atoms with E-state index in [9.17, 15) is 9.59 Å². The molecule has 1 atom stereocenters. The van der Waals surface area contributed by atoms with Crippen molar-refractivity contribution in [3.8, 4) is 5.75 Å². The molecule has 188 valence electrons. The molecule has 4 aromatic rings. The number of fused-ring (bicyclic) bond motifs is 4. The minimum atomic E-state index is -0.0968. The van der Waals surface area contributed by atoms with Gasteiger partial charge in [0, 0.05) is 54.7 Å². The summed E-state index contributed by atoms with van der Waals surface area (Å²) in [5.74, 6) is 0.651. The Morgan fingerprint density at radius 1 is 1.28 bits per heavy atom. The Kier molecular flexibility index (Phi) is 6.73. The van der Waals surface area contributed by atoms with Gasteiger partial charge in [0.15, 0.2) is 0 Å². The molecule has 1 aliphatic carbocycles. The van der Waals surface area contributed by atoms with Gasteiger partial charge in [-0.3, -0.25) is 14.7 Å². The number of ether oxygens (including phenoxy) is 1. The summed E-state index contributed by atoms with van der Waals surface area (Å²) in [6.45, 7) is 0.882. The summed E-state index contributed by atoms with van der Waals surface area (Å²) in [7, 11) is 5.08. The van der Waals surface area contributed by atoms with Gasteiger partial charge in [-0.15, -0.1) is 11.3 Å². The molecule has 36 heavy (non-hydrogen) atoms. The van der Waals surface area contributed by atoms with Gasteiger partial charge in [-0.2, -0.15) is 5.10 Å². The molecular formula is C25H29N7O3S. The number of aromatic nitrogens is 4. The van der Waals surface area contributed by atoms with Gasteiger partial charge in [0.25, 0.3) is 0 Å². The zero-order valence-electron chi connectivity index (χ0n) is 20.6. The number of hydrogen-bond acceptors (Lipinski definition) is 8. The van der Waals surface area contributed by atoms with Crippen LogP contribution in [0.15, 0.2) is 24.7 Å². The standard InChI is InChI=1S/C25H29N7O3S/c1-32(2)22(33)6-7-26-24(34)14-4-5-16-21(9-14)36-25-23(16)19(28-13-29-25)12-27-18-8-15-11-30-31-17(15)10-20(18)35-3/h8,10-11,13-14,27H,4-7,9,12H2,1-3H3,(H,26,34)(H,30,31)/t14-/m0/s1. The zero-order valence-corrected chi connectivity index (χ0v) is 21.4. The van der Waals surface area contributed by atoms with Crippen molar-refractivity contribution in [2.75, 3.05) is 33.1 Å². The molecule has 0 fully saturated rings. The molecule has 11 heteroatoms. The highest BCUT2D eigenvalue weighted by Crippen LogP contribution is 2.39. The second kappa shape index (κ2) is 10.1. The summed E-state index contributed by atoms with van der Waals surface area (Å²) in [5, 5.41) is 15.5. The Labute approximate surface area is 212 Å². The van der Waals surface area contributed by atoms with E-state index < -0.39 is 0 Å². The van der Waals surface area contributed by atoms with Crippen LogP contribution in [0.2, 0.25) is 0 Å². The van der Waals surface area contributed by atoms with E-state index in [0.29, 0.717) is 25.9 Å². The van der Waals surface area contributed by atoms with Crippen molar-refractivity contribution in [2.45, 2.75) is 32.2 Å². The van der Waals surface area contributed by atoms with Crippen LogP contribution in [-0.2, 0) is 29.0 Å². The number of carbonyl (C=O) groups is 2. The van der Waals surface area contributed by atoms with Gasteiger partial charge < -0.3 is 20.3 Å². The molecule has 0 bridgehead atoms. The zero-order chi connectivity index (χ0) is 25.2. The number of nitrogens with one attached hydrogen (secondary N) is 3. The lowest BCUT2D eigenvalue weighted by atomic mass is 9.87. The monoisotopic (exact) mass is 507 g/mol. The van der Waals surface area contributed by atoms with E-state index in [1.807, 2.05) is 12.1 Å². The third kappa shape index (κ3) is 4.70. The van der Waals surface area contributed by atoms with Crippen molar-refractivity contribution >= 4 is 50.0 Å². The average molecular weight is 508 g/mol. The van der Waals surface area contributed by atoms with Gasteiger partial charge in [-0.05, 0) is 30.9 Å². The number of rotatable bonds is 8. The quantitative estimate of drug-likeness (QED) is 0.335. The number of thiophene rings is 1. The number of aryl methyl sites for hydroxylation is 1. The van der Waals surface area contributed by atoms with E-state index in [1.165, 1.54) is 15.3 Å². The number of benzene rings is 1. The molecule has 10 nitrogen and oxygen atoms in total. The summed E-state index contributed by atoms with van der Waals surface area (Å²) in [4.78, 5) is 37.3. The molecule has 3 heterocycles. The van der Waals surface area contributed by atoms with Crippen molar-refractivity contribution in [2.24, 2.45) is 5.92 Å². The predicted octanol–water partition coefficient (Wildman–Crippen LogP) is 2.89.